The average molecular weight is 274 g/mol. The fourth-order valence-electron chi connectivity index (χ4n) is 2.28. The number of carboxylic acids is 1. The van der Waals surface area contributed by atoms with E-state index < -0.39 is 11.9 Å². The molecule has 1 aliphatic rings. The summed E-state index contributed by atoms with van der Waals surface area (Å²) in [6, 6.07) is 0.0195. The number of carbonyl (C=O) groups excluding carboxylic acids is 1. The molecule has 7 nitrogen and oxygen atoms in total. The van der Waals surface area contributed by atoms with Crippen molar-refractivity contribution in [2.75, 3.05) is 39.9 Å². The van der Waals surface area contributed by atoms with Gasteiger partial charge in [-0.2, -0.15) is 0 Å². The highest BCUT2D eigenvalue weighted by atomic mass is 16.5. The molecule has 3 N–H and O–H groups in total. The standard InChI is InChI=1S/C12H22N2O5/c1-19-11(16)8-14-6-9(12(17)18)5-10(7-14)13-3-2-4-15/h9-10,13,15H,2-8H2,1H3,(H,17,18). The van der Waals surface area contributed by atoms with Gasteiger partial charge in [-0.15, -0.1) is 0 Å². The molecule has 2 atom stereocenters. The number of aliphatic hydroxyl groups excluding tert-OH is 1. The number of piperidine rings is 1. The highest BCUT2D eigenvalue weighted by molar-refractivity contribution is 5.72. The molecule has 7 heteroatoms. The summed E-state index contributed by atoms with van der Waals surface area (Å²) < 4.78 is 4.60. The first kappa shape index (κ1) is 15.9. The minimum Gasteiger partial charge on any atom is -0.481 e. The van der Waals surface area contributed by atoms with Gasteiger partial charge in [0.2, 0.25) is 0 Å². The van der Waals surface area contributed by atoms with Gasteiger partial charge in [-0.1, -0.05) is 0 Å². The third-order valence-corrected chi connectivity index (χ3v) is 3.22. The number of nitrogens with zero attached hydrogens (tertiary/aromatic N) is 1. The third kappa shape index (κ3) is 5.54. The second-order valence-corrected chi connectivity index (χ2v) is 4.77. The minimum absolute atomic E-state index is 0.0195. The van der Waals surface area contributed by atoms with E-state index in [9.17, 15) is 9.59 Å². The minimum atomic E-state index is -0.844. The molecule has 1 fully saturated rings. The van der Waals surface area contributed by atoms with Crippen LogP contribution < -0.4 is 5.32 Å². The lowest BCUT2D eigenvalue weighted by Crippen LogP contribution is -2.52. The van der Waals surface area contributed by atoms with E-state index in [2.05, 4.69) is 10.1 Å². The first-order valence-corrected chi connectivity index (χ1v) is 6.43. The summed E-state index contributed by atoms with van der Waals surface area (Å²) >= 11 is 0. The Morgan fingerprint density at radius 3 is 2.74 bits per heavy atom. The van der Waals surface area contributed by atoms with Crippen LogP contribution in [0, 0.1) is 5.92 Å². The predicted molar refractivity (Wildman–Crippen MR) is 67.7 cm³/mol. The zero-order chi connectivity index (χ0) is 14.3. The quantitative estimate of drug-likeness (QED) is 0.400. The SMILES string of the molecule is COC(=O)CN1CC(NCCCO)CC(C(=O)O)C1. The summed E-state index contributed by atoms with van der Waals surface area (Å²) in [5.74, 6) is -1.69. The summed E-state index contributed by atoms with van der Waals surface area (Å²) in [6.45, 7) is 1.83. The Morgan fingerprint density at radius 2 is 2.16 bits per heavy atom. The molecule has 0 amide bonds. The Kier molecular flexibility index (Phi) is 6.75. The number of ether oxygens (including phenoxy) is 1. The maximum absolute atomic E-state index is 11.3. The van der Waals surface area contributed by atoms with Gasteiger partial charge >= 0.3 is 11.9 Å². The van der Waals surface area contributed by atoms with Crippen molar-refractivity contribution < 1.29 is 24.5 Å². The van der Waals surface area contributed by atoms with Crippen molar-refractivity contribution >= 4 is 11.9 Å². The fourth-order valence-corrected chi connectivity index (χ4v) is 2.28. The number of hydrogen-bond donors (Lipinski definition) is 3. The molecular formula is C12H22N2O5. The summed E-state index contributed by atoms with van der Waals surface area (Å²) in [6.07, 6.45) is 1.17. The molecule has 1 heterocycles. The van der Waals surface area contributed by atoms with Crippen LogP contribution in [0.4, 0.5) is 0 Å². The Morgan fingerprint density at radius 1 is 1.42 bits per heavy atom. The zero-order valence-electron chi connectivity index (χ0n) is 11.2. The number of aliphatic hydroxyl groups is 1. The molecule has 0 spiro atoms. The number of aliphatic carboxylic acids is 1. The molecule has 0 bridgehead atoms. The third-order valence-electron chi connectivity index (χ3n) is 3.22. The highest BCUT2D eigenvalue weighted by Gasteiger charge is 2.32. The number of esters is 1. The Bertz CT molecular complexity index is 310. The lowest BCUT2D eigenvalue weighted by molar-refractivity contribution is -0.148. The first-order chi connectivity index (χ1) is 9.06. The van der Waals surface area contributed by atoms with Crippen molar-refractivity contribution in [3.8, 4) is 0 Å². The maximum Gasteiger partial charge on any atom is 0.319 e. The van der Waals surface area contributed by atoms with Gasteiger partial charge in [-0.25, -0.2) is 0 Å². The molecular weight excluding hydrogens is 252 g/mol. The van der Waals surface area contributed by atoms with Crippen LogP contribution in [0.15, 0.2) is 0 Å². The molecule has 0 aliphatic carbocycles. The molecule has 1 rings (SSSR count). The van der Waals surface area contributed by atoms with Crippen molar-refractivity contribution in [3.63, 3.8) is 0 Å². The van der Waals surface area contributed by atoms with Crippen molar-refractivity contribution in [2.24, 2.45) is 5.92 Å². The maximum atomic E-state index is 11.3. The molecule has 0 aromatic rings. The van der Waals surface area contributed by atoms with E-state index in [0.29, 0.717) is 32.5 Å². The lowest BCUT2D eigenvalue weighted by Gasteiger charge is -2.35. The van der Waals surface area contributed by atoms with Crippen LogP contribution >= 0.6 is 0 Å². The van der Waals surface area contributed by atoms with Gasteiger partial charge in [-0.05, 0) is 19.4 Å². The number of methoxy groups -OCH3 is 1. The van der Waals surface area contributed by atoms with Crippen molar-refractivity contribution in [2.45, 2.75) is 18.9 Å². The van der Waals surface area contributed by atoms with E-state index in [0.717, 1.165) is 0 Å². The Balaban J connectivity index is 2.52. The Labute approximate surface area is 112 Å². The molecule has 2 unspecified atom stereocenters. The fraction of sp³-hybridized carbons (Fsp3) is 0.833. The number of carboxylic acid groups (broad SMARTS) is 1. The highest BCUT2D eigenvalue weighted by Crippen LogP contribution is 2.17. The smallest absolute Gasteiger partial charge is 0.319 e. The molecule has 110 valence electrons. The summed E-state index contributed by atoms with van der Waals surface area (Å²) in [5.41, 5.74) is 0. The predicted octanol–water partition coefficient (Wildman–Crippen LogP) is -1.09. The van der Waals surface area contributed by atoms with Crippen LogP contribution in [0.3, 0.4) is 0 Å². The normalized spacial score (nSPS) is 24.1. The summed E-state index contributed by atoms with van der Waals surface area (Å²) in [4.78, 5) is 24.2. The van der Waals surface area contributed by atoms with Crippen LogP contribution in [0.25, 0.3) is 0 Å². The zero-order valence-corrected chi connectivity index (χ0v) is 11.2. The van der Waals surface area contributed by atoms with Gasteiger partial charge < -0.3 is 20.3 Å². The van der Waals surface area contributed by atoms with Gasteiger partial charge in [0.25, 0.3) is 0 Å². The van der Waals surface area contributed by atoms with Crippen molar-refractivity contribution in [3.05, 3.63) is 0 Å². The van der Waals surface area contributed by atoms with Crippen LogP contribution in [-0.2, 0) is 14.3 Å². The first-order valence-electron chi connectivity index (χ1n) is 6.43. The lowest BCUT2D eigenvalue weighted by atomic mass is 9.94. The molecule has 1 saturated heterocycles. The topological polar surface area (TPSA) is 99.1 Å². The van der Waals surface area contributed by atoms with E-state index in [1.54, 1.807) is 4.90 Å². The molecule has 0 aromatic carbocycles. The number of rotatable bonds is 7. The van der Waals surface area contributed by atoms with E-state index in [4.69, 9.17) is 10.2 Å². The number of likely N-dealkylation sites (tertiary alicyclic amines) is 1. The van der Waals surface area contributed by atoms with E-state index in [1.807, 2.05) is 0 Å². The number of nitrogens with one attached hydrogen (secondary N) is 1. The van der Waals surface area contributed by atoms with Crippen LogP contribution in [0.2, 0.25) is 0 Å². The van der Waals surface area contributed by atoms with Crippen molar-refractivity contribution in [1.82, 2.24) is 10.2 Å². The molecule has 19 heavy (non-hydrogen) atoms. The average Bonchev–Trinajstić information content (AvgIpc) is 2.38. The monoisotopic (exact) mass is 274 g/mol. The molecule has 1 aliphatic heterocycles. The summed E-state index contributed by atoms with van der Waals surface area (Å²) in [5, 5.41) is 21.1. The van der Waals surface area contributed by atoms with E-state index in [-0.39, 0.29) is 25.2 Å². The van der Waals surface area contributed by atoms with Crippen LogP contribution in [0.5, 0.6) is 0 Å². The van der Waals surface area contributed by atoms with Gasteiger partial charge in [0.15, 0.2) is 0 Å². The Hall–Kier alpha value is -1.18. The molecule has 0 radical (unpaired) electrons. The molecule has 0 aromatic heterocycles. The van der Waals surface area contributed by atoms with E-state index in [1.165, 1.54) is 7.11 Å². The van der Waals surface area contributed by atoms with Gasteiger partial charge in [0.05, 0.1) is 19.6 Å². The van der Waals surface area contributed by atoms with Gasteiger partial charge in [-0.3, -0.25) is 14.5 Å². The van der Waals surface area contributed by atoms with Gasteiger partial charge in [0, 0.05) is 25.7 Å². The van der Waals surface area contributed by atoms with Crippen LogP contribution in [-0.4, -0.2) is 73.0 Å². The second-order valence-electron chi connectivity index (χ2n) is 4.77. The van der Waals surface area contributed by atoms with Crippen molar-refractivity contribution in [1.29, 1.82) is 0 Å². The molecule has 0 saturated carbocycles. The number of carbonyl (C=O) groups is 2. The number of hydrogen-bond acceptors (Lipinski definition) is 6. The second kappa shape index (κ2) is 8.08. The summed E-state index contributed by atoms with van der Waals surface area (Å²) in [7, 11) is 1.32. The van der Waals surface area contributed by atoms with Crippen LogP contribution in [0.1, 0.15) is 12.8 Å². The largest absolute Gasteiger partial charge is 0.481 e. The van der Waals surface area contributed by atoms with Gasteiger partial charge in [0.1, 0.15) is 0 Å². The van der Waals surface area contributed by atoms with E-state index >= 15 is 0 Å².